The highest BCUT2D eigenvalue weighted by molar-refractivity contribution is 5.64. The van der Waals surface area contributed by atoms with E-state index in [9.17, 15) is 0 Å². The van der Waals surface area contributed by atoms with Crippen LogP contribution in [0.4, 0.5) is 0 Å². The molecule has 0 fully saturated rings. The van der Waals surface area contributed by atoms with Gasteiger partial charge in [-0.2, -0.15) is 0 Å². The Balaban J connectivity index is 3.17. The standard InChI is InChI=1S/C12H16/c1-5-11(4)12-7-9(2)6-10(3)8-12/h5-8H,1-4H3/b11-5-. The number of hydrogen-bond acceptors (Lipinski definition) is 0. The first-order valence-electron chi connectivity index (χ1n) is 4.35. The molecule has 1 aromatic rings. The van der Waals surface area contributed by atoms with E-state index in [0.717, 1.165) is 0 Å². The lowest BCUT2D eigenvalue weighted by atomic mass is 10.0. The fourth-order valence-electron chi connectivity index (χ4n) is 1.37. The van der Waals surface area contributed by atoms with Crippen molar-refractivity contribution in [1.82, 2.24) is 0 Å². The minimum absolute atomic E-state index is 1.34. The van der Waals surface area contributed by atoms with E-state index in [4.69, 9.17) is 0 Å². The summed E-state index contributed by atoms with van der Waals surface area (Å²) in [5.41, 5.74) is 5.37. The molecule has 0 heterocycles. The number of hydrogen-bond donors (Lipinski definition) is 0. The number of rotatable bonds is 1. The van der Waals surface area contributed by atoms with Crippen LogP contribution in [0.2, 0.25) is 0 Å². The van der Waals surface area contributed by atoms with Gasteiger partial charge in [-0.3, -0.25) is 0 Å². The summed E-state index contributed by atoms with van der Waals surface area (Å²) in [7, 11) is 0. The SMILES string of the molecule is C/C=C(/C)c1cc(C)cc(C)c1. The van der Waals surface area contributed by atoms with Crippen molar-refractivity contribution < 1.29 is 0 Å². The quantitative estimate of drug-likeness (QED) is 0.587. The van der Waals surface area contributed by atoms with E-state index >= 15 is 0 Å². The van der Waals surface area contributed by atoms with Crippen LogP contribution < -0.4 is 0 Å². The number of aryl methyl sites for hydroxylation is 2. The predicted octanol–water partition coefficient (Wildman–Crippen LogP) is 3.73. The fourth-order valence-corrected chi connectivity index (χ4v) is 1.37. The fraction of sp³-hybridized carbons (Fsp3) is 0.333. The summed E-state index contributed by atoms with van der Waals surface area (Å²) >= 11 is 0. The minimum Gasteiger partial charge on any atom is -0.0841 e. The first kappa shape index (κ1) is 9.05. The number of allylic oxidation sites excluding steroid dienone is 2. The molecule has 0 bridgehead atoms. The highest BCUT2D eigenvalue weighted by Crippen LogP contribution is 2.16. The largest absolute Gasteiger partial charge is 0.0841 e. The first-order chi connectivity index (χ1) is 5.63. The van der Waals surface area contributed by atoms with Gasteiger partial charge in [0.1, 0.15) is 0 Å². The van der Waals surface area contributed by atoms with Crippen molar-refractivity contribution >= 4 is 5.57 Å². The molecule has 1 rings (SSSR count). The summed E-state index contributed by atoms with van der Waals surface area (Å²) in [6.07, 6.45) is 2.15. The Hall–Kier alpha value is -1.04. The van der Waals surface area contributed by atoms with Gasteiger partial charge in [0.15, 0.2) is 0 Å². The normalized spacial score (nSPS) is 11.8. The van der Waals surface area contributed by atoms with Crippen molar-refractivity contribution in [2.45, 2.75) is 27.7 Å². The van der Waals surface area contributed by atoms with Crippen LogP contribution in [0.25, 0.3) is 5.57 Å². The van der Waals surface area contributed by atoms with Gasteiger partial charge < -0.3 is 0 Å². The van der Waals surface area contributed by atoms with Crippen LogP contribution in [-0.2, 0) is 0 Å². The van der Waals surface area contributed by atoms with Crippen LogP contribution in [-0.4, -0.2) is 0 Å². The summed E-state index contributed by atoms with van der Waals surface area (Å²) in [5, 5.41) is 0. The van der Waals surface area contributed by atoms with E-state index in [-0.39, 0.29) is 0 Å². The monoisotopic (exact) mass is 160 g/mol. The van der Waals surface area contributed by atoms with Crippen LogP contribution in [0.1, 0.15) is 30.5 Å². The van der Waals surface area contributed by atoms with Crippen LogP contribution >= 0.6 is 0 Å². The Kier molecular flexibility index (Phi) is 2.69. The van der Waals surface area contributed by atoms with Gasteiger partial charge in [0, 0.05) is 0 Å². The molecule has 1 aromatic carbocycles. The average Bonchev–Trinajstić information content (AvgIpc) is 2.01. The van der Waals surface area contributed by atoms with Gasteiger partial charge >= 0.3 is 0 Å². The molecule has 0 amide bonds. The number of benzene rings is 1. The summed E-state index contributed by atoms with van der Waals surface area (Å²) in [5.74, 6) is 0. The molecule has 64 valence electrons. The van der Waals surface area contributed by atoms with E-state index in [1.165, 1.54) is 22.3 Å². The van der Waals surface area contributed by atoms with E-state index in [0.29, 0.717) is 0 Å². The van der Waals surface area contributed by atoms with Crippen molar-refractivity contribution in [3.8, 4) is 0 Å². The van der Waals surface area contributed by atoms with Crippen molar-refractivity contribution in [2.75, 3.05) is 0 Å². The van der Waals surface area contributed by atoms with E-state index in [1.807, 2.05) is 0 Å². The molecule has 0 aliphatic heterocycles. The highest BCUT2D eigenvalue weighted by atomic mass is 14.0. The third-order valence-corrected chi connectivity index (χ3v) is 2.11. The third kappa shape index (κ3) is 1.97. The van der Waals surface area contributed by atoms with Crippen molar-refractivity contribution in [1.29, 1.82) is 0 Å². The Morgan fingerprint density at radius 2 is 1.58 bits per heavy atom. The molecule has 0 spiro atoms. The van der Waals surface area contributed by atoms with Gasteiger partial charge in [0.2, 0.25) is 0 Å². The second kappa shape index (κ2) is 3.57. The predicted molar refractivity (Wildman–Crippen MR) is 55.2 cm³/mol. The molecular formula is C12H16. The zero-order valence-corrected chi connectivity index (χ0v) is 8.31. The van der Waals surface area contributed by atoms with E-state index in [2.05, 4.69) is 52.0 Å². The van der Waals surface area contributed by atoms with E-state index < -0.39 is 0 Å². The van der Waals surface area contributed by atoms with Crippen molar-refractivity contribution in [2.24, 2.45) is 0 Å². The molecule has 0 N–H and O–H groups in total. The minimum atomic E-state index is 1.34. The molecule has 0 aliphatic carbocycles. The third-order valence-electron chi connectivity index (χ3n) is 2.11. The maximum absolute atomic E-state index is 2.22. The zero-order valence-electron chi connectivity index (χ0n) is 8.31. The van der Waals surface area contributed by atoms with Gasteiger partial charge in [-0.05, 0) is 38.8 Å². The topological polar surface area (TPSA) is 0 Å². The lowest BCUT2D eigenvalue weighted by Crippen LogP contribution is -1.83. The molecule has 12 heavy (non-hydrogen) atoms. The summed E-state index contributed by atoms with van der Waals surface area (Å²) in [4.78, 5) is 0. The molecule has 0 heteroatoms. The molecular weight excluding hydrogens is 144 g/mol. The van der Waals surface area contributed by atoms with Gasteiger partial charge in [-0.1, -0.05) is 35.4 Å². The molecule has 0 unspecified atom stereocenters. The summed E-state index contributed by atoms with van der Waals surface area (Å²) in [6.45, 7) is 8.50. The van der Waals surface area contributed by atoms with Crippen LogP contribution in [0, 0.1) is 13.8 Å². The second-order valence-corrected chi connectivity index (χ2v) is 3.35. The average molecular weight is 160 g/mol. The van der Waals surface area contributed by atoms with Gasteiger partial charge in [0.05, 0.1) is 0 Å². The lowest BCUT2D eigenvalue weighted by Gasteiger charge is -2.04. The van der Waals surface area contributed by atoms with Gasteiger partial charge in [0.25, 0.3) is 0 Å². The van der Waals surface area contributed by atoms with Crippen LogP contribution in [0.3, 0.4) is 0 Å². The Morgan fingerprint density at radius 3 is 2.00 bits per heavy atom. The lowest BCUT2D eigenvalue weighted by molar-refractivity contribution is 1.36. The molecule has 0 saturated heterocycles. The molecule has 0 aliphatic rings. The zero-order chi connectivity index (χ0) is 9.14. The molecule has 0 nitrogen and oxygen atoms in total. The second-order valence-electron chi connectivity index (χ2n) is 3.35. The summed E-state index contributed by atoms with van der Waals surface area (Å²) in [6, 6.07) is 6.65. The Labute approximate surface area is 74.9 Å². The van der Waals surface area contributed by atoms with Crippen molar-refractivity contribution in [3.63, 3.8) is 0 Å². The van der Waals surface area contributed by atoms with Crippen LogP contribution in [0.5, 0.6) is 0 Å². The molecule has 0 atom stereocenters. The first-order valence-corrected chi connectivity index (χ1v) is 4.35. The van der Waals surface area contributed by atoms with Gasteiger partial charge in [-0.25, -0.2) is 0 Å². The van der Waals surface area contributed by atoms with Gasteiger partial charge in [-0.15, -0.1) is 0 Å². The summed E-state index contributed by atoms with van der Waals surface area (Å²) < 4.78 is 0. The molecule has 0 aromatic heterocycles. The molecule has 0 saturated carbocycles. The maximum Gasteiger partial charge on any atom is -0.0225 e. The van der Waals surface area contributed by atoms with Crippen molar-refractivity contribution in [3.05, 3.63) is 41.0 Å². The molecule has 0 radical (unpaired) electrons. The van der Waals surface area contributed by atoms with E-state index in [1.54, 1.807) is 0 Å². The Morgan fingerprint density at radius 1 is 1.08 bits per heavy atom. The Bertz CT molecular complexity index is 286. The highest BCUT2D eigenvalue weighted by Gasteiger charge is 1.96. The maximum atomic E-state index is 2.22. The van der Waals surface area contributed by atoms with Crippen LogP contribution in [0.15, 0.2) is 24.3 Å². The smallest absolute Gasteiger partial charge is 0.0225 e.